The number of amides is 1. The smallest absolute Gasteiger partial charge is 0.410 e. The van der Waals surface area contributed by atoms with Gasteiger partial charge in [-0.15, -0.1) is 0 Å². The lowest BCUT2D eigenvalue weighted by Crippen LogP contribution is -2.58. The van der Waals surface area contributed by atoms with Crippen LogP contribution in [0.5, 0.6) is 0 Å². The highest BCUT2D eigenvalue weighted by Crippen LogP contribution is 2.34. The summed E-state index contributed by atoms with van der Waals surface area (Å²) in [5.41, 5.74) is 5.62. The molecule has 0 saturated carbocycles. The molecule has 3 atom stereocenters. The predicted molar refractivity (Wildman–Crippen MR) is 66.7 cm³/mol. The molecule has 0 aromatic heterocycles. The summed E-state index contributed by atoms with van der Waals surface area (Å²) < 4.78 is 5.49. The van der Waals surface area contributed by atoms with Crippen molar-refractivity contribution in [1.29, 1.82) is 0 Å². The highest BCUT2D eigenvalue weighted by atomic mass is 16.6. The second-order valence-electron chi connectivity index (χ2n) is 6.36. The Morgan fingerprint density at radius 1 is 1.24 bits per heavy atom. The fraction of sp³-hybridized carbons (Fsp3) is 0.923. The highest BCUT2D eigenvalue weighted by Gasteiger charge is 2.41. The Labute approximate surface area is 103 Å². The van der Waals surface area contributed by atoms with Crippen molar-refractivity contribution in [3.63, 3.8) is 0 Å². The van der Waals surface area contributed by atoms with Gasteiger partial charge in [0.15, 0.2) is 0 Å². The van der Waals surface area contributed by atoms with Crippen LogP contribution in [-0.2, 0) is 4.74 Å². The molecule has 4 nitrogen and oxygen atoms in total. The van der Waals surface area contributed by atoms with Crippen LogP contribution < -0.4 is 5.73 Å². The van der Waals surface area contributed by atoms with Gasteiger partial charge < -0.3 is 15.4 Å². The van der Waals surface area contributed by atoms with Crippen LogP contribution in [0.1, 0.15) is 52.9 Å². The minimum absolute atomic E-state index is 0.154. The van der Waals surface area contributed by atoms with E-state index >= 15 is 0 Å². The van der Waals surface area contributed by atoms with Crippen molar-refractivity contribution in [2.24, 2.45) is 5.73 Å². The number of carbonyl (C=O) groups excluding carboxylic acids is 1. The molecule has 1 amide bonds. The van der Waals surface area contributed by atoms with Gasteiger partial charge in [-0.25, -0.2) is 4.79 Å². The van der Waals surface area contributed by atoms with Crippen LogP contribution >= 0.6 is 0 Å². The van der Waals surface area contributed by atoms with E-state index in [2.05, 4.69) is 0 Å². The standard InChI is InChI=1S/C13H24N2O2/c1-13(2,3)17-12(16)15-10-5-4-6-11(15)8-9(14)7-10/h9-11H,4-8,14H2,1-3H3/t9-,10-,11?/m1/s1. The van der Waals surface area contributed by atoms with Crippen LogP contribution in [0.4, 0.5) is 4.79 Å². The Morgan fingerprint density at radius 3 is 2.24 bits per heavy atom. The van der Waals surface area contributed by atoms with Gasteiger partial charge in [0.05, 0.1) is 0 Å². The number of ether oxygens (including phenoxy) is 1. The zero-order chi connectivity index (χ0) is 12.6. The monoisotopic (exact) mass is 240 g/mol. The first kappa shape index (κ1) is 12.7. The Bertz CT molecular complexity index is 284. The fourth-order valence-electron chi connectivity index (χ4n) is 3.04. The summed E-state index contributed by atoms with van der Waals surface area (Å²) in [5, 5.41) is 0. The molecule has 0 aliphatic carbocycles. The van der Waals surface area contributed by atoms with Gasteiger partial charge in [0, 0.05) is 18.1 Å². The predicted octanol–water partition coefficient (Wildman–Crippen LogP) is 2.27. The van der Waals surface area contributed by atoms with Crippen molar-refractivity contribution < 1.29 is 9.53 Å². The lowest BCUT2D eigenvalue weighted by molar-refractivity contribution is -0.0210. The summed E-state index contributed by atoms with van der Waals surface area (Å²) in [6.07, 6.45) is 5.05. The first-order chi connectivity index (χ1) is 7.87. The van der Waals surface area contributed by atoms with Crippen LogP contribution in [0, 0.1) is 0 Å². The second kappa shape index (κ2) is 4.48. The molecule has 98 valence electrons. The third-order valence-electron chi connectivity index (χ3n) is 3.62. The number of fused-ring (bicyclic) bond motifs is 2. The highest BCUT2D eigenvalue weighted by molar-refractivity contribution is 5.69. The van der Waals surface area contributed by atoms with Crippen LogP contribution in [-0.4, -0.2) is 34.7 Å². The first-order valence-corrected chi connectivity index (χ1v) is 6.64. The number of nitrogens with two attached hydrogens (primary N) is 1. The van der Waals surface area contributed by atoms with Crippen molar-refractivity contribution in [3.8, 4) is 0 Å². The summed E-state index contributed by atoms with van der Waals surface area (Å²) in [4.78, 5) is 14.2. The Hall–Kier alpha value is -0.770. The number of carbonyl (C=O) groups is 1. The minimum atomic E-state index is -0.412. The molecule has 2 heterocycles. The van der Waals surface area contributed by atoms with E-state index in [1.165, 1.54) is 6.42 Å². The molecule has 4 heteroatoms. The molecule has 2 saturated heterocycles. The molecule has 2 aliphatic heterocycles. The van der Waals surface area contributed by atoms with Crippen LogP contribution in [0.3, 0.4) is 0 Å². The zero-order valence-corrected chi connectivity index (χ0v) is 11.1. The Balaban J connectivity index is 2.07. The normalized spacial score (nSPS) is 33.4. The van der Waals surface area contributed by atoms with Gasteiger partial charge >= 0.3 is 6.09 Å². The lowest BCUT2D eigenvalue weighted by Gasteiger charge is -2.47. The van der Waals surface area contributed by atoms with Crippen molar-refractivity contribution in [2.45, 2.75) is 76.6 Å². The molecule has 17 heavy (non-hydrogen) atoms. The summed E-state index contributed by atoms with van der Waals surface area (Å²) in [6, 6.07) is 0.851. The van der Waals surface area contributed by atoms with Crippen LogP contribution in [0.2, 0.25) is 0 Å². The number of hydrogen-bond donors (Lipinski definition) is 1. The third-order valence-corrected chi connectivity index (χ3v) is 3.62. The van der Waals surface area contributed by atoms with E-state index in [4.69, 9.17) is 10.5 Å². The second-order valence-corrected chi connectivity index (χ2v) is 6.36. The third kappa shape index (κ3) is 2.92. The van der Waals surface area contributed by atoms with Crippen molar-refractivity contribution in [2.75, 3.05) is 0 Å². The van der Waals surface area contributed by atoms with E-state index in [9.17, 15) is 4.79 Å². The molecule has 1 unspecified atom stereocenters. The molecule has 0 radical (unpaired) electrons. The van der Waals surface area contributed by atoms with Crippen LogP contribution in [0.25, 0.3) is 0 Å². The van der Waals surface area contributed by atoms with Gasteiger partial charge in [0.1, 0.15) is 5.60 Å². The first-order valence-electron chi connectivity index (χ1n) is 6.64. The summed E-state index contributed by atoms with van der Waals surface area (Å²) in [5.74, 6) is 0. The molecule has 2 fully saturated rings. The topological polar surface area (TPSA) is 55.6 Å². The molecule has 0 aromatic carbocycles. The quantitative estimate of drug-likeness (QED) is 0.706. The van der Waals surface area contributed by atoms with E-state index in [0.29, 0.717) is 12.1 Å². The summed E-state index contributed by atoms with van der Waals surface area (Å²) in [6.45, 7) is 5.74. The average Bonchev–Trinajstić information content (AvgIpc) is 2.12. The van der Waals surface area contributed by atoms with Gasteiger partial charge in [0.2, 0.25) is 0 Å². The van der Waals surface area contributed by atoms with Crippen LogP contribution in [0.15, 0.2) is 0 Å². The van der Waals surface area contributed by atoms with E-state index in [1.807, 2.05) is 25.7 Å². The molecular formula is C13H24N2O2. The number of rotatable bonds is 0. The number of nitrogens with zero attached hydrogens (tertiary/aromatic N) is 1. The summed E-state index contributed by atoms with van der Waals surface area (Å²) in [7, 11) is 0. The van der Waals surface area contributed by atoms with Crippen molar-refractivity contribution >= 4 is 6.09 Å². The fourth-order valence-corrected chi connectivity index (χ4v) is 3.04. The van der Waals surface area contributed by atoms with Gasteiger partial charge in [-0.3, -0.25) is 0 Å². The SMILES string of the molecule is CC(C)(C)OC(=O)N1C2CCC[C@@H]1C[C@@H](N)C2. The Morgan fingerprint density at radius 2 is 1.76 bits per heavy atom. The molecular weight excluding hydrogens is 216 g/mol. The van der Waals surface area contributed by atoms with Gasteiger partial charge in [-0.2, -0.15) is 0 Å². The maximum absolute atomic E-state index is 12.2. The van der Waals surface area contributed by atoms with Gasteiger partial charge in [-0.1, -0.05) is 0 Å². The lowest BCUT2D eigenvalue weighted by atomic mass is 9.82. The van der Waals surface area contributed by atoms with E-state index < -0.39 is 5.60 Å². The Kier molecular flexibility index (Phi) is 3.34. The largest absolute Gasteiger partial charge is 0.444 e. The van der Waals surface area contributed by atoms with Gasteiger partial charge in [-0.05, 0) is 52.9 Å². The molecule has 0 spiro atoms. The van der Waals surface area contributed by atoms with Crippen molar-refractivity contribution in [1.82, 2.24) is 4.90 Å². The van der Waals surface area contributed by atoms with Gasteiger partial charge in [0.25, 0.3) is 0 Å². The number of piperidine rings is 2. The van der Waals surface area contributed by atoms with E-state index in [-0.39, 0.29) is 12.1 Å². The molecule has 0 aromatic rings. The maximum atomic E-state index is 12.2. The van der Waals surface area contributed by atoms with Crippen molar-refractivity contribution in [3.05, 3.63) is 0 Å². The van der Waals surface area contributed by atoms with E-state index in [0.717, 1.165) is 25.7 Å². The molecule has 2 bridgehead atoms. The summed E-state index contributed by atoms with van der Waals surface area (Å²) >= 11 is 0. The average molecular weight is 240 g/mol. The number of hydrogen-bond acceptors (Lipinski definition) is 3. The molecule has 2 rings (SSSR count). The molecule has 2 N–H and O–H groups in total. The van der Waals surface area contributed by atoms with E-state index in [1.54, 1.807) is 0 Å². The minimum Gasteiger partial charge on any atom is -0.444 e. The maximum Gasteiger partial charge on any atom is 0.410 e. The zero-order valence-electron chi connectivity index (χ0n) is 11.1. The molecule has 2 aliphatic rings.